The van der Waals surface area contributed by atoms with Gasteiger partial charge in [-0.05, 0) is 19.1 Å². The number of amides is 1. The fraction of sp³-hybridized carbons (Fsp3) is 0.111. The Morgan fingerprint density at radius 2 is 1.92 bits per heavy atom. The van der Waals surface area contributed by atoms with Crippen LogP contribution in [0, 0.1) is 0 Å². The number of hydrogen-bond donors (Lipinski definition) is 1. The summed E-state index contributed by atoms with van der Waals surface area (Å²) in [5.74, 6) is -0.183. The Hall–Kier alpha value is -2.86. The molecule has 0 fully saturated rings. The molecule has 0 radical (unpaired) electrons. The average Bonchev–Trinajstić information content (AvgIpc) is 3.09. The maximum Gasteiger partial charge on any atom is 0.246 e. The van der Waals surface area contributed by atoms with Crippen LogP contribution < -0.4 is 5.43 Å². The number of hydrogen-bond acceptors (Lipinski definition) is 5. The summed E-state index contributed by atoms with van der Waals surface area (Å²) in [5, 5.41) is 6.85. The quantitative estimate of drug-likeness (QED) is 0.574. The van der Waals surface area contributed by atoms with E-state index in [2.05, 4.69) is 20.5 Å². The summed E-state index contributed by atoms with van der Waals surface area (Å²) in [6.45, 7) is 1.84. The number of thiazole rings is 1. The van der Waals surface area contributed by atoms with Crippen LogP contribution in [0.3, 0.4) is 0 Å². The van der Waals surface area contributed by atoms with E-state index in [9.17, 15) is 4.79 Å². The molecule has 0 bridgehead atoms. The molecule has 0 aliphatic carbocycles. The molecule has 0 aliphatic rings. The summed E-state index contributed by atoms with van der Waals surface area (Å²) < 4.78 is 0. The molecule has 0 saturated heterocycles. The highest BCUT2D eigenvalue weighted by atomic mass is 32.1. The molecule has 3 rings (SSSR count). The fourth-order valence-corrected chi connectivity index (χ4v) is 2.92. The number of pyridine rings is 1. The lowest BCUT2D eigenvalue weighted by atomic mass is 10.2. The van der Waals surface area contributed by atoms with Gasteiger partial charge in [-0.3, -0.25) is 9.78 Å². The van der Waals surface area contributed by atoms with Crippen molar-refractivity contribution < 1.29 is 4.79 Å². The highest BCUT2D eigenvalue weighted by molar-refractivity contribution is 7.10. The molecule has 2 heterocycles. The minimum Gasteiger partial charge on any atom is -0.273 e. The van der Waals surface area contributed by atoms with Crippen molar-refractivity contribution in [3.63, 3.8) is 0 Å². The molecule has 0 unspecified atom stereocenters. The minimum atomic E-state index is -0.183. The van der Waals surface area contributed by atoms with Gasteiger partial charge in [0.15, 0.2) is 0 Å². The van der Waals surface area contributed by atoms with Crippen molar-refractivity contribution in [2.45, 2.75) is 13.3 Å². The van der Waals surface area contributed by atoms with Crippen LogP contribution in [0.25, 0.3) is 11.3 Å². The zero-order valence-electron chi connectivity index (χ0n) is 13.1. The Morgan fingerprint density at radius 1 is 1.17 bits per heavy atom. The lowest BCUT2D eigenvalue weighted by Crippen LogP contribution is -2.21. The first kappa shape index (κ1) is 16.0. The summed E-state index contributed by atoms with van der Waals surface area (Å²) >= 11 is 1.47. The fourth-order valence-electron chi connectivity index (χ4n) is 2.11. The molecule has 3 aromatic rings. The summed E-state index contributed by atoms with van der Waals surface area (Å²) in [6, 6.07) is 13.6. The minimum absolute atomic E-state index is 0.183. The van der Waals surface area contributed by atoms with Crippen molar-refractivity contribution in [1.82, 2.24) is 15.4 Å². The van der Waals surface area contributed by atoms with Gasteiger partial charge in [-0.1, -0.05) is 30.3 Å². The van der Waals surface area contributed by atoms with E-state index in [0.717, 1.165) is 27.5 Å². The van der Waals surface area contributed by atoms with Crippen molar-refractivity contribution in [2.24, 2.45) is 5.10 Å². The molecule has 5 nitrogen and oxygen atoms in total. The number of nitrogens with one attached hydrogen (secondary N) is 1. The summed E-state index contributed by atoms with van der Waals surface area (Å²) in [4.78, 5) is 20.5. The van der Waals surface area contributed by atoms with Crippen LogP contribution in [-0.4, -0.2) is 21.6 Å². The van der Waals surface area contributed by atoms with Crippen molar-refractivity contribution in [1.29, 1.82) is 0 Å². The zero-order valence-corrected chi connectivity index (χ0v) is 14.0. The predicted molar refractivity (Wildman–Crippen MR) is 95.8 cm³/mol. The number of aromatic nitrogens is 2. The summed E-state index contributed by atoms with van der Waals surface area (Å²) in [5.41, 5.74) is 6.16. The largest absolute Gasteiger partial charge is 0.273 e. The molecule has 0 saturated carbocycles. The van der Waals surface area contributed by atoms with Crippen molar-refractivity contribution >= 4 is 23.0 Å². The van der Waals surface area contributed by atoms with Crippen LogP contribution >= 0.6 is 11.3 Å². The van der Waals surface area contributed by atoms with E-state index in [1.807, 2.05) is 54.8 Å². The molecular formula is C18H16N4OS. The SMILES string of the molecule is C/C(=N/NC(=O)Cc1nc(-c2ccccc2)cs1)c1ccncc1. The van der Waals surface area contributed by atoms with Crippen molar-refractivity contribution in [3.05, 3.63) is 70.8 Å². The van der Waals surface area contributed by atoms with Gasteiger partial charge in [-0.2, -0.15) is 5.10 Å². The highest BCUT2D eigenvalue weighted by Gasteiger charge is 2.09. The van der Waals surface area contributed by atoms with Crippen LogP contribution in [0.2, 0.25) is 0 Å². The number of nitrogens with zero attached hydrogens (tertiary/aromatic N) is 3. The Balaban J connectivity index is 1.61. The topological polar surface area (TPSA) is 67.2 Å². The second-order valence-corrected chi connectivity index (χ2v) is 6.08. The van der Waals surface area contributed by atoms with Gasteiger partial charge in [-0.15, -0.1) is 11.3 Å². The highest BCUT2D eigenvalue weighted by Crippen LogP contribution is 2.21. The van der Waals surface area contributed by atoms with Gasteiger partial charge >= 0.3 is 0 Å². The number of benzene rings is 1. The van der Waals surface area contributed by atoms with Crippen LogP contribution in [0.15, 0.2) is 65.3 Å². The van der Waals surface area contributed by atoms with E-state index in [-0.39, 0.29) is 12.3 Å². The third-order valence-electron chi connectivity index (χ3n) is 3.38. The van der Waals surface area contributed by atoms with Gasteiger partial charge in [0, 0.05) is 28.9 Å². The molecule has 0 atom stereocenters. The number of carbonyl (C=O) groups excluding carboxylic acids is 1. The van der Waals surface area contributed by atoms with Crippen molar-refractivity contribution in [3.8, 4) is 11.3 Å². The van der Waals surface area contributed by atoms with Gasteiger partial charge in [0.25, 0.3) is 0 Å². The Bertz CT molecular complexity index is 844. The monoisotopic (exact) mass is 336 g/mol. The third kappa shape index (κ3) is 4.11. The van der Waals surface area contributed by atoms with Crippen LogP contribution in [0.1, 0.15) is 17.5 Å². The van der Waals surface area contributed by atoms with Gasteiger partial charge in [0.1, 0.15) is 5.01 Å². The second-order valence-electron chi connectivity index (χ2n) is 5.14. The van der Waals surface area contributed by atoms with Gasteiger partial charge < -0.3 is 0 Å². The first-order valence-corrected chi connectivity index (χ1v) is 8.33. The van der Waals surface area contributed by atoms with Gasteiger partial charge in [0.05, 0.1) is 17.8 Å². The molecule has 24 heavy (non-hydrogen) atoms. The van der Waals surface area contributed by atoms with Gasteiger partial charge in [-0.25, -0.2) is 10.4 Å². The smallest absolute Gasteiger partial charge is 0.246 e. The van der Waals surface area contributed by atoms with Crippen LogP contribution in [0.5, 0.6) is 0 Å². The maximum absolute atomic E-state index is 12.0. The van der Waals surface area contributed by atoms with E-state index >= 15 is 0 Å². The maximum atomic E-state index is 12.0. The van der Waals surface area contributed by atoms with E-state index in [0.29, 0.717) is 0 Å². The third-order valence-corrected chi connectivity index (χ3v) is 4.23. The van der Waals surface area contributed by atoms with Crippen LogP contribution in [-0.2, 0) is 11.2 Å². The summed E-state index contributed by atoms with van der Waals surface area (Å²) in [6.07, 6.45) is 3.60. The zero-order chi connectivity index (χ0) is 16.8. The molecule has 2 aromatic heterocycles. The molecule has 0 aliphatic heterocycles. The molecule has 6 heteroatoms. The van der Waals surface area contributed by atoms with E-state index in [1.165, 1.54) is 11.3 Å². The number of hydrazone groups is 1. The Kier molecular flexibility index (Phi) is 5.08. The predicted octanol–water partition coefficient (Wildman–Crippen LogP) is 3.29. The first-order chi connectivity index (χ1) is 11.7. The van der Waals surface area contributed by atoms with E-state index in [4.69, 9.17) is 0 Å². The number of rotatable bonds is 5. The summed E-state index contributed by atoms with van der Waals surface area (Å²) in [7, 11) is 0. The molecule has 120 valence electrons. The number of carbonyl (C=O) groups is 1. The lowest BCUT2D eigenvalue weighted by molar-refractivity contribution is -0.120. The van der Waals surface area contributed by atoms with E-state index < -0.39 is 0 Å². The van der Waals surface area contributed by atoms with Crippen LogP contribution in [0.4, 0.5) is 0 Å². The Morgan fingerprint density at radius 3 is 2.67 bits per heavy atom. The molecule has 1 N–H and O–H groups in total. The second kappa shape index (κ2) is 7.61. The average molecular weight is 336 g/mol. The first-order valence-electron chi connectivity index (χ1n) is 7.46. The Labute approximate surface area is 144 Å². The lowest BCUT2D eigenvalue weighted by Gasteiger charge is -2.01. The molecule has 1 aromatic carbocycles. The normalized spacial score (nSPS) is 11.3. The molecule has 1 amide bonds. The van der Waals surface area contributed by atoms with Gasteiger partial charge in [0.2, 0.25) is 5.91 Å². The molecule has 0 spiro atoms. The standard InChI is InChI=1S/C18H16N4OS/c1-13(14-7-9-19-10-8-14)21-22-17(23)11-18-20-16(12-24-18)15-5-3-2-4-6-15/h2-10,12H,11H2,1H3,(H,22,23)/b21-13-. The molecular weight excluding hydrogens is 320 g/mol. The van der Waals surface area contributed by atoms with Crippen molar-refractivity contribution in [2.75, 3.05) is 0 Å². The van der Waals surface area contributed by atoms with E-state index in [1.54, 1.807) is 12.4 Å².